The Labute approximate surface area is 198 Å². The van der Waals surface area contributed by atoms with Gasteiger partial charge in [-0.1, -0.05) is 20.8 Å². The second kappa shape index (κ2) is 8.12. The topological polar surface area (TPSA) is 118 Å². The van der Waals surface area contributed by atoms with Gasteiger partial charge in [-0.2, -0.15) is 0 Å². The van der Waals surface area contributed by atoms with Crippen LogP contribution in [0.4, 0.5) is 0 Å². The SMILES string of the molecule is C[C@H]([C@H](O)CCC(C)(C)O)[C@H]1CC[C@]2(O)C3=CC(=O)[C@@H]4C[C@@H](O)[C@@H](O)C[C@@]4(C)[C@H]3CC[C@@]12C. The van der Waals surface area contributed by atoms with Crippen LogP contribution in [-0.4, -0.2) is 60.8 Å². The summed E-state index contributed by atoms with van der Waals surface area (Å²) >= 11 is 0. The van der Waals surface area contributed by atoms with E-state index in [0.29, 0.717) is 25.7 Å². The van der Waals surface area contributed by atoms with E-state index in [0.717, 1.165) is 24.8 Å². The van der Waals surface area contributed by atoms with E-state index < -0.39 is 40.3 Å². The average Bonchev–Trinajstić information content (AvgIpc) is 2.99. The van der Waals surface area contributed by atoms with Crippen molar-refractivity contribution in [3.8, 4) is 0 Å². The predicted molar refractivity (Wildman–Crippen MR) is 125 cm³/mol. The third kappa shape index (κ3) is 3.85. The van der Waals surface area contributed by atoms with Crippen LogP contribution < -0.4 is 0 Å². The van der Waals surface area contributed by atoms with Crippen molar-refractivity contribution in [1.82, 2.24) is 0 Å². The van der Waals surface area contributed by atoms with Crippen molar-refractivity contribution in [1.29, 1.82) is 0 Å². The van der Waals surface area contributed by atoms with Crippen molar-refractivity contribution in [2.45, 2.75) is 115 Å². The summed E-state index contributed by atoms with van der Waals surface area (Å²) in [5.74, 6) is -0.264. The number of aliphatic hydroxyl groups is 5. The van der Waals surface area contributed by atoms with E-state index in [1.807, 2.05) is 0 Å². The van der Waals surface area contributed by atoms with Crippen LogP contribution in [0.2, 0.25) is 0 Å². The molecule has 3 saturated carbocycles. The molecule has 6 heteroatoms. The minimum atomic E-state index is -1.10. The summed E-state index contributed by atoms with van der Waals surface area (Å²) in [5.41, 5.74) is -2.01. The Balaban J connectivity index is 1.62. The van der Waals surface area contributed by atoms with Crippen LogP contribution in [0.25, 0.3) is 0 Å². The van der Waals surface area contributed by atoms with Crippen LogP contribution in [0.3, 0.4) is 0 Å². The fourth-order valence-corrected chi connectivity index (χ4v) is 8.29. The Bertz CT molecular complexity index is 816. The summed E-state index contributed by atoms with van der Waals surface area (Å²) in [6, 6.07) is 0. The number of hydrogen-bond acceptors (Lipinski definition) is 6. The number of aliphatic hydroxyl groups excluding tert-OH is 3. The molecule has 0 saturated heterocycles. The van der Waals surface area contributed by atoms with E-state index in [-0.39, 0.29) is 35.9 Å². The highest BCUT2D eigenvalue weighted by Gasteiger charge is 2.67. The van der Waals surface area contributed by atoms with Crippen LogP contribution >= 0.6 is 0 Å². The fraction of sp³-hybridized carbons (Fsp3) is 0.889. The van der Waals surface area contributed by atoms with Gasteiger partial charge in [0.2, 0.25) is 0 Å². The zero-order chi connectivity index (χ0) is 24.6. The lowest BCUT2D eigenvalue weighted by Gasteiger charge is -2.60. The highest BCUT2D eigenvalue weighted by molar-refractivity contribution is 5.95. The Morgan fingerprint density at radius 2 is 1.79 bits per heavy atom. The standard InChI is InChI=1S/C27H44O6/c1-15(20(28)8-9-24(2,3)32)16-7-11-27(33)18-12-21(29)19-13-22(30)23(31)14-25(19,4)17(18)6-10-26(16,27)5/h12,15-17,19-20,22-23,28,30-33H,6-11,13-14H2,1-5H3/t15-,16+,17-,19-,20+,22+,23-,25-,26-,27-/m0/s1. The second-order valence-electron chi connectivity index (χ2n) is 12.9. The lowest BCUT2D eigenvalue weighted by molar-refractivity contribution is -0.154. The first kappa shape index (κ1) is 25.3. The first-order valence-corrected chi connectivity index (χ1v) is 12.9. The number of ketones is 1. The highest BCUT2D eigenvalue weighted by atomic mass is 16.3. The summed E-state index contributed by atoms with van der Waals surface area (Å²) in [6.07, 6.45) is 4.06. The van der Waals surface area contributed by atoms with Crippen LogP contribution in [0.15, 0.2) is 11.6 Å². The normalized spacial score (nSPS) is 47.3. The largest absolute Gasteiger partial charge is 0.393 e. The average molecular weight is 465 g/mol. The molecule has 0 radical (unpaired) electrons. The second-order valence-corrected chi connectivity index (χ2v) is 12.9. The molecule has 0 aromatic heterocycles. The summed E-state index contributed by atoms with van der Waals surface area (Å²) < 4.78 is 0. The number of rotatable bonds is 5. The zero-order valence-electron chi connectivity index (χ0n) is 20.9. The highest BCUT2D eigenvalue weighted by Crippen LogP contribution is 2.68. The molecule has 0 spiro atoms. The molecule has 4 rings (SSSR count). The molecule has 0 heterocycles. The quantitative estimate of drug-likeness (QED) is 0.427. The Morgan fingerprint density at radius 3 is 2.42 bits per heavy atom. The van der Waals surface area contributed by atoms with Gasteiger partial charge < -0.3 is 25.5 Å². The molecule has 5 N–H and O–H groups in total. The van der Waals surface area contributed by atoms with Crippen molar-refractivity contribution in [2.75, 3.05) is 0 Å². The molecule has 10 atom stereocenters. The first-order valence-electron chi connectivity index (χ1n) is 12.9. The van der Waals surface area contributed by atoms with E-state index in [9.17, 15) is 30.3 Å². The van der Waals surface area contributed by atoms with Crippen molar-refractivity contribution < 1.29 is 30.3 Å². The third-order valence-corrected chi connectivity index (χ3v) is 10.5. The molecule has 33 heavy (non-hydrogen) atoms. The van der Waals surface area contributed by atoms with E-state index in [1.54, 1.807) is 19.9 Å². The van der Waals surface area contributed by atoms with Gasteiger partial charge >= 0.3 is 0 Å². The molecule has 4 aliphatic rings. The maximum atomic E-state index is 13.2. The van der Waals surface area contributed by atoms with Gasteiger partial charge in [-0.15, -0.1) is 0 Å². The van der Waals surface area contributed by atoms with Crippen molar-refractivity contribution in [2.24, 2.45) is 34.5 Å². The molecular weight excluding hydrogens is 420 g/mol. The van der Waals surface area contributed by atoms with Crippen molar-refractivity contribution >= 4 is 5.78 Å². The van der Waals surface area contributed by atoms with Gasteiger partial charge in [0.1, 0.15) is 0 Å². The smallest absolute Gasteiger partial charge is 0.159 e. The summed E-state index contributed by atoms with van der Waals surface area (Å²) in [5, 5.41) is 53.9. The van der Waals surface area contributed by atoms with Gasteiger partial charge in [-0.05, 0) is 100 Å². The van der Waals surface area contributed by atoms with Gasteiger partial charge in [-0.3, -0.25) is 4.79 Å². The van der Waals surface area contributed by atoms with Gasteiger partial charge in [-0.25, -0.2) is 0 Å². The lowest BCUT2D eigenvalue weighted by Crippen LogP contribution is -2.61. The van der Waals surface area contributed by atoms with E-state index >= 15 is 0 Å². The fourth-order valence-electron chi connectivity index (χ4n) is 8.29. The summed E-state index contributed by atoms with van der Waals surface area (Å²) in [6.45, 7) is 9.74. The van der Waals surface area contributed by atoms with Gasteiger partial charge in [0.15, 0.2) is 5.78 Å². The molecule has 0 amide bonds. The molecule has 188 valence electrons. The molecule has 3 fully saturated rings. The third-order valence-electron chi connectivity index (χ3n) is 10.5. The van der Waals surface area contributed by atoms with Crippen LogP contribution in [0, 0.1) is 34.5 Å². The Kier molecular flexibility index (Phi) is 6.23. The molecule has 0 aromatic rings. The van der Waals surface area contributed by atoms with Crippen LogP contribution in [-0.2, 0) is 4.79 Å². The molecule has 0 aromatic carbocycles. The monoisotopic (exact) mass is 464 g/mol. The van der Waals surface area contributed by atoms with Crippen molar-refractivity contribution in [3.63, 3.8) is 0 Å². The Morgan fingerprint density at radius 1 is 1.12 bits per heavy atom. The van der Waals surface area contributed by atoms with Gasteiger partial charge in [0.05, 0.1) is 29.5 Å². The number of hydrogen-bond donors (Lipinski definition) is 5. The number of allylic oxidation sites excluding steroid dienone is 1. The molecule has 4 aliphatic carbocycles. The lowest BCUT2D eigenvalue weighted by atomic mass is 9.46. The minimum absolute atomic E-state index is 0.00888. The maximum absolute atomic E-state index is 13.2. The maximum Gasteiger partial charge on any atom is 0.159 e. The summed E-state index contributed by atoms with van der Waals surface area (Å²) in [7, 11) is 0. The molecule has 6 nitrogen and oxygen atoms in total. The number of carbonyl (C=O) groups is 1. The molecule has 0 unspecified atom stereocenters. The van der Waals surface area contributed by atoms with Gasteiger partial charge in [0, 0.05) is 11.3 Å². The van der Waals surface area contributed by atoms with E-state index in [1.165, 1.54) is 0 Å². The number of carbonyl (C=O) groups excluding carboxylic acids is 1. The van der Waals surface area contributed by atoms with Gasteiger partial charge in [0.25, 0.3) is 0 Å². The van der Waals surface area contributed by atoms with E-state index in [2.05, 4.69) is 20.8 Å². The molecule has 0 bridgehead atoms. The van der Waals surface area contributed by atoms with Crippen molar-refractivity contribution in [3.05, 3.63) is 11.6 Å². The number of fused-ring (bicyclic) bond motifs is 5. The zero-order valence-corrected chi connectivity index (χ0v) is 20.9. The van der Waals surface area contributed by atoms with Crippen LogP contribution in [0.5, 0.6) is 0 Å². The predicted octanol–water partition coefficient (Wildman–Crippen LogP) is 2.74. The first-order chi connectivity index (χ1) is 15.1. The van der Waals surface area contributed by atoms with Crippen LogP contribution in [0.1, 0.15) is 86.0 Å². The van der Waals surface area contributed by atoms with E-state index in [4.69, 9.17) is 0 Å². The summed E-state index contributed by atoms with van der Waals surface area (Å²) in [4.78, 5) is 13.2. The Hall–Kier alpha value is -0.790. The molecule has 0 aliphatic heterocycles. The molecular formula is C27H44O6. The minimum Gasteiger partial charge on any atom is -0.393 e.